The van der Waals surface area contributed by atoms with Gasteiger partial charge in [-0.3, -0.25) is 4.90 Å². The molecule has 0 aromatic carbocycles. The molecule has 6 heteroatoms. The van der Waals surface area contributed by atoms with Crippen LogP contribution >= 0.6 is 0 Å². The van der Waals surface area contributed by atoms with Crippen molar-refractivity contribution in [1.82, 2.24) is 14.9 Å². The fraction of sp³-hybridized carbons (Fsp3) is 0.733. The Hall–Kier alpha value is -1.24. The van der Waals surface area contributed by atoms with E-state index in [-0.39, 0.29) is 11.5 Å². The summed E-state index contributed by atoms with van der Waals surface area (Å²) in [6, 6.07) is 2.39. The van der Waals surface area contributed by atoms with Crippen LogP contribution in [0.25, 0.3) is 0 Å². The average molecular weight is 293 g/mol. The topological polar surface area (TPSA) is 76.3 Å². The molecule has 0 bridgehead atoms. The van der Waals surface area contributed by atoms with Crippen LogP contribution in [0, 0.1) is 0 Å². The number of hydrogen-bond donors (Lipinski definition) is 2. The second-order valence-corrected chi connectivity index (χ2v) is 6.84. The highest BCUT2D eigenvalue weighted by Gasteiger charge is 2.27. The monoisotopic (exact) mass is 293 g/mol. The molecular formula is C15H27N5O. The van der Waals surface area contributed by atoms with Crippen LogP contribution in [0.3, 0.4) is 0 Å². The van der Waals surface area contributed by atoms with Crippen LogP contribution < -0.4 is 11.3 Å². The van der Waals surface area contributed by atoms with E-state index in [1.54, 1.807) is 0 Å². The van der Waals surface area contributed by atoms with Crippen LogP contribution in [0.15, 0.2) is 6.07 Å². The molecule has 0 saturated carbocycles. The molecule has 1 aromatic heterocycles. The third kappa shape index (κ3) is 3.90. The van der Waals surface area contributed by atoms with Crippen molar-refractivity contribution in [3.63, 3.8) is 0 Å². The van der Waals surface area contributed by atoms with Gasteiger partial charge >= 0.3 is 0 Å². The number of morpholine rings is 1. The first-order chi connectivity index (χ1) is 9.81. The molecule has 0 spiro atoms. The minimum absolute atomic E-state index is 0.0598. The van der Waals surface area contributed by atoms with E-state index in [0.29, 0.717) is 24.3 Å². The summed E-state index contributed by atoms with van der Waals surface area (Å²) < 4.78 is 5.88. The Kier molecular flexibility index (Phi) is 4.81. The maximum atomic E-state index is 5.88. The summed E-state index contributed by atoms with van der Waals surface area (Å²) in [5.74, 6) is 6.89. The summed E-state index contributed by atoms with van der Waals surface area (Å²) >= 11 is 0. The zero-order chi connectivity index (χ0) is 15.6. The SMILES string of the molecule is CC(C)N1CCOC(c2nc(NN)cc(C(C)(C)C)n2)C1. The Morgan fingerprint density at radius 3 is 2.67 bits per heavy atom. The predicted molar refractivity (Wildman–Crippen MR) is 83.9 cm³/mol. The molecule has 2 rings (SSSR count). The second-order valence-electron chi connectivity index (χ2n) is 6.84. The zero-order valence-corrected chi connectivity index (χ0v) is 13.7. The van der Waals surface area contributed by atoms with Crippen LogP contribution in [0.1, 0.15) is 52.2 Å². The molecule has 21 heavy (non-hydrogen) atoms. The smallest absolute Gasteiger partial charge is 0.161 e. The van der Waals surface area contributed by atoms with Gasteiger partial charge in [-0.15, -0.1) is 0 Å². The number of nitrogens with one attached hydrogen (secondary N) is 1. The molecule has 1 saturated heterocycles. The first-order valence-electron chi connectivity index (χ1n) is 7.53. The van der Waals surface area contributed by atoms with E-state index in [0.717, 1.165) is 18.8 Å². The molecule has 1 fully saturated rings. The fourth-order valence-corrected chi connectivity index (χ4v) is 2.36. The minimum atomic E-state index is -0.101. The molecule has 1 aromatic rings. The highest BCUT2D eigenvalue weighted by molar-refractivity contribution is 5.37. The van der Waals surface area contributed by atoms with Crippen molar-refractivity contribution >= 4 is 5.82 Å². The van der Waals surface area contributed by atoms with Gasteiger partial charge in [0.2, 0.25) is 0 Å². The molecule has 2 heterocycles. The van der Waals surface area contributed by atoms with Crippen molar-refractivity contribution in [1.29, 1.82) is 0 Å². The zero-order valence-electron chi connectivity index (χ0n) is 13.7. The van der Waals surface area contributed by atoms with Crippen molar-refractivity contribution in [2.45, 2.75) is 52.2 Å². The molecule has 0 aliphatic carbocycles. The third-order valence-corrected chi connectivity index (χ3v) is 3.78. The Bertz CT molecular complexity index is 483. The van der Waals surface area contributed by atoms with E-state index in [1.165, 1.54) is 0 Å². The van der Waals surface area contributed by atoms with Gasteiger partial charge in [0.15, 0.2) is 5.82 Å². The van der Waals surface area contributed by atoms with Crippen molar-refractivity contribution in [2.24, 2.45) is 5.84 Å². The first-order valence-corrected chi connectivity index (χ1v) is 7.53. The van der Waals surface area contributed by atoms with Crippen LogP contribution in [-0.2, 0) is 10.2 Å². The summed E-state index contributed by atoms with van der Waals surface area (Å²) in [6.07, 6.45) is -0.101. The van der Waals surface area contributed by atoms with Gasteiger partial charge in [0.25, 0.3) is 0 Å². The molecular weight excluding hydrogens is 266 g/mol. The molecule has 1 aliphatic rings. The van der Waals surface area contributed by atoms with Gasteiger partial charge in [-0.1, -0.05) is 20.8 Å². The minimum Gasteiger partial charge on any atom is -0.368 e. The quantitative estimate of drug-likeness (QED) is 0.654. The molecule has 0 radical (unpaired) electrons. The Labute approximate surface area is 127 Å². The van der Waals surface area contributed by atoms with Crippen LogP contribution in [0.4, 0.5) is 5.82 Å². The summed E-state index contributed by atoms with van der Waals surface area (Å²) in [6.45, 7) is 13.2. The second kappa shape index (κ2) is 6.25. The summed E-state index contributed by atoms with van der Waals surface area (Å²) in [4.78, 5) is 11.6. The standard InChI is InChI=1S/C15H27N5O/c1-10(2)20-6-7-21-11(9-20)14-17-12(15(3,4)5)8-13(18-14)19-16/h8,10-11H,6-7,9,16H2,1-5H3,(H,17,18,19). The highest BCUT2D eigenvalue weighted by Crippen LogP contribution is 2.26. The molecule has 118 valence electrons. The van der Waals surface area contributed by atoms with Gasteiger partial charge in [-0.2, -0.15) is 0 Å². The third-order valence-electron chi connectivity index (χ3n) is 3.78. The van der Waals surface area contributed by atoms with Crippen molar-refractivity contribution in [2.75, 3.05) is 25.1 Å². The van der Waals surface area contributed by atoms with E-state index in [9.17, 15) is 0 Å². The number of aromatic nitrogens is 2. The maximum Gasteiger partial charge on any atom is 0.161 e. The normalized spacial score (nSPS) is 20.8. The lowest BCUT2D eigenvalue weighted by Crippen LogP contribution is -2.42. The highest BCUT2D eigenvalue weighted by atomic mass is 16.5. The van der Waals surface area contributed by atoms with Gasteiger partial charge in [0.1, 0.15) is 11.9 Å². The molecule has 6 nitrogen and oxygen atoms in total. The number of ether oxygens (including phenoxy) is 1. The Balaban J connectivity index is 2.30. The number of nitrogens with zero attached hydrogens (tertiary/aromatic N) is 3. The fourth-order valence-electron chi connectivity index (χ4n) is 2.36. The van der Waals surface area contributed by atoms with Crippen LogP contribution in [0.2, 0.25) is 0 Å². The molecule has 1 unspecified atom stereocenters. The first kappa shape index (κ1) is 16.1. The molecule has 3 N–H and O–H groups in total. The van der Waals surface area contributed by atoms with Crippen LogP contribution in [-0.4, -0.2) is 40.6 Å². The van der Waals surface area contributed by atoms with E-state index < -0.39 is 0 Å². The van der Waals surface area contributed by atoms with Crippen LogP contribution in [0.5, 0.6) is 0 Å². The molecule has 1 atom stereocenters. The summed E-state index contributed by atoms with van der Waals surface area (Å²) in [5.41, 5.74) is 3.54. The average Bonchev–Trinajstić information content (AvgIpc) is 2.46. The number of hydrogen-bond acceptors (Lipinski definition) is 6. The van der Waals surface area contributed by atoms with E-state index in [1.807, 2.05) is 6.07 Å². The van der Waals surface area contributed by atoms with E-state index in [2.05, 4.69) is 49.9 Å². The van der Waals surface area contributed by atoms with Gasteiger partial charge in [-0.05, 0) is 13.8 Å². The van der Waals surface area contributed by atoms with Gasteiger partial charge in [0, 0.05) is 30.6 Å². The largest absolute Gasteiger partial charge is 0.368 e. The van der Waals surface area contributed by atoms with Crippen molar-refractivity contribution in [3.05, 3.63) is 17.6 Å². The van der Waals surface area contributed by atoms with Crippen molar-refractivity contribution in [3.8, 4) is 0 Å². The number of nitrogens with two attached hydrogens (primary N) is 1. The lowest BCUT2D eigenvalue weighted by molar-refractivity contribution is -0.0443. The number of rotatable bonds is 3. The van der Waals surface area contributed by atoms with E-state index in [4.69, 9.17) is 15.6 Å². The van der Waals surface area contributed by atoms with E-state index >= 15 is 0 Å². The Morgan fingerprint density at radius 2 is 2.10 bits per heavy atom. The maximum absolute atomic E-state index is 5.88. The molecule has 0 amide bonds. The van der Waals surface area contributed by atoms with Gasteiger partial charge in [0.05, 0.1) is 12.3 Å². The lowest BCUT2D eigenvalue weighted by atomic mass is 9.92. The predicted octanol–water partition coefficient (Wildman–Crippen LogP) is 1.84. The summed E-state index contributed by atoms with van der Waals surface area (Å²) in [5, 5.41) is 0. The summed E-state index contributed by atoms with van der Waals surface area (Å²) in [7, 11) is 0. The van der Waals surface area contributed by atoms with Crippen molar-refractivity contribution < 1.29 is 4.74 Å². The number of nitrogen functional groups attached to an aromatic ring is 1. The number of hydrazine groups is 1. The Morgan fingerprint density at radius 1 is 1.38 bits per heavy atom. The lowest BCUT2D eigenvalue weighted by Gasteiger charge is -2.35. The number of anilines is 1. The molecule has 1 aliphatic heterocycles. The van der Waals surface area contributed by atoms with Gasteiger partial charge < -0.3 is 10.2 Å². The van der Waals surface area contributed by atoms with Gasteiger partial charge in [-0.25, -0.2) is 15.8 Å².